The summed E-state index contributed by atoms with van der Waals surface area (Å²) in [6.45, 7) is 0. The summed E-state index contributed by atoms with van der Waals surface area (Å²) >= 11 is 5.69. The minimum absolute atomic E-state index is 0.0458. The molecule has 0 aliphatic carbocycles. The number of carbonyl (C=O) groups is 1. The van der Waals surface area contributed by atoms with Crippen molar-refractivity contribution >= 4 is 23.2 Å². The van der Waals surface area contributed by atoms with E-state index in [1.54, 1.807) is 0 Å². The van der Waals surface area contributed by atoms with Crippen molar-refractivity contribution in [3.05, 3.63) is 47.5 Å². The minimum Gasteiger partial charge on any atom is -0.319 e. The standard InChI is InChI=1S/C10H6ClFN4O/c11-9-8(1-6(12)2-15-9)10(17)16-7-3-13-5-14-4-7/h1-5H,(H,16,17). The van der Waals surface area contributed by atoms with E-state index in [9.17, 15) is 9.18 Å². The van der Waals surface area contributed by atoms with Crippen molar-refractivity contribution in [3.8, 4) is 0 Å². The van der Waals surface area contributed by atoms with Crippen LogP contribution in [0.15, 0.2) is 31.0 Å². The topological polar surface area (TPSA) is 67.8 Å². The van der Waals surface area contributed by atoms with Crippen molar-refractivity contribution in [3.63, 3.8) is 0 Å². The molecule has 5 nitrogen and oxygen atoms in total. The van der Waals surface area contributed by atoms with E-state index in [0.717, 1.165) is 12.3 Å². The lowest BCUT2D eigenvalue weighted by molar-refractivity contribution is 0.102. The number of carbonyl (C=O) groups excluding carboxylic acids is 1. The van der Waals surface area contributed by atoms with Crippen LogP contribution in [0.2, 0.25) is 5.15 Å². The second-order valence-electron chi connectivity index (χ2n) is 3.07. The van der Waals surface area contributed by atoms with Gasteiger partial charge < -0.3 is 5.32 Å². The average Bonchev–Trinajstić information content (AvgIpc) is 2.33. The molecule has 0 fully saturated rings. The predicted octanol–water partition coefficient (Wildman–Crippen LogP) is 1.92. The van der Waals surface area contributed by atoms with E-state index in [2.05, 4.69) is 20.3 Å². The quantitative estimate of drug-likeness (QED) is 0.829. The molecular formula is C10H6ClFN4O. The van der Waals surface area contributed by atoms with E-state index in [4.69, 9.17) is 11.6 Å². The molecule has 0 aliphatic rings. The SMILES string of the molecule is O=C(Nc1cncnc1)c1cc(F)cnc1Cl. The van der Waals surface area contributed by atoms with Gasteiger partial charge in [0.2, 0.25) is 0 Å². The Morgan fingerprint density at radius 1 is 1.29 bits per heavy atom. The summed E-state index contributed by atoms with van der Waals surface area (Å²) in [5.41, 5.74) is 0.341. The van der Waals surface area contributed by atoms with Gasteiger partial charge in [-0.05, 0) is 6.07 Å². The van der Waals surface area contributed by atoms with E-state index in [-0.39, 0.29) is 10.7 Å². The van der Waals surface area contributed by atoms with Crippen LogP contribution in [0.25, 0.3) is 0 Å². The van der Waals surface area contributed by atoms with Crippen LogP contribution >= 0.6 is 11.6 Å². The van der Waals surface area contributed by atoms with Gasteiger partial charge in [0.05, 0.1) is 29.8 Å². The molecule has 1 N–H and O–H groups in total. The van der Waals surface area contributed by atoms with E-state index in [1.165, 1.54) is 18.7 Å². The molecular weight excluding hydrogens is 247 g/mol. The Morgan fingerprint density at radius 2 is 2.00 bits per heavy atom. The van der Waals surface area contributed by atoms with Crippen LogP contribution < -0.4 is 5.32 Å². The lowest BCUT2D eigenvalue weighted by Gasteiger charge is -2.05. The fraction of sp³-hybridized carbons (Fsp3) is 0. The maximum absolute atomic E-state index is 12.9. The van der Waals surface area contributed by atoms with Crippen LogP contribution in [0.1, 0.15) is 10.4 Å². The molecule has 0 unspecified atom stereocenters. The fourth-order valence-corrected chi connectivity index (χ4v) is 1.33. The van der Waals surface area contributed by atoms with Gasteiger partial charge in [-0.15, -0.1) is 0 Å². The highest BCUT2D eigenvalue weighted by Gasteiger charge is 2.13. The minimum atomic E-state index is -0.635. The third-order valence-electron chi connectivity index (χ3n) is 1.87. The van der Waals surface area contributed by atoms with Gasteiger partial charge in [-0.25, -0.2) is 19.3 Å². The maximum Gasteiger partial charge on any atom is 0.258 e. The molecule has 0 aromatic carbocycles. The van der Waals surface area contributed by atoms with Crippen molar-refractivity contribution in [1.29, 1.82) is 0 Å². The summed E-state index contributed by atoms with van der Waals surface area (Å²) in [5, 5.41) is 2.40. The lowest BCUT2D eigenvalue weighted by Crippen LogP contribution is -2.13. The van der Waals surface area contributed by atoms with E-state index >= 15 is 0 Å². The van der Waals surface area contributed by atoms with Crippen molar-refractivity contribution in [2.24, 2.45) is 0 Å². The zero-order valence-electron chi connectivity index (χ0n) is 8.39. The normalized spacial score (nSPS) is 10.0. The lowest BCUT2D eigenvalue weighted by atomic mass is 10.2. The molecule has 2 heterocycles. The Labute approximate surface area is 101 Å². The summed E-state index contributed by atoms with van der Waals surface area (Å²) in [7, 11) is 0. The van der Waals surface area contributed by atoms with Gasteiger partial charge in [0.25, 0.3) is 5.91 Å². The number of aromatic nitrogens is 3. The highest BCUT2D eigenvalue weighted by atomic mass is 35.5. The molecule has 0 radical (unpaired) electrons. The molecule has 2 aromatic heterocycles. The highest BCUT2D eigenvalue weighted by molar-refractivity contribution is 6.33. The van der Waals surface area contributed by atoms with Gasteiger partial charge in [-0.3, -0.25) is 4.79 Å². The fourth-order valence-electron chi connectivity index (χ4n) is 1.14. The molecule has 0 bridgehead atoms. The molecule has 0 spiro atoms. The number of hydrogen-bond acceptors (Lipinski definition) is 4. The highest BCUT2D eigenvalue weighted by Crippen LogP contribution is 2.15. The van der Waals surface area contributed by atoms with Gasteiger partial charge in [0, 0.05) is 0 Å². The molecule has 86 valence electrons. The number of pyridine rings is 1. The van der Waals surface area contributed by atoms with Crippen molar-refractivity contribution in [1.82, 2.24) is 15.0 Å². The molecule has 0 atom stereocenters. The molecule has 17 heavy (non-hydrogen) atoms. The van der Waals surface area contributed by atoms with Gasteiger partial charge in [-0.2, -0.15) is 0 Å². The Bertz CT molecular complexity index is 549. The van der Waals surface area contributed by atoms with Gasteiger partial charge >= 0.3 is 0 Å². The number of halogens is 2. The van der Waals surface area contributed by atoms with Crippen LogP contribution in [0.4, 0.5) is 10.1 Å². The molecule has 2 aromatic rings. The molecule has 2 rings (SSSR count). The Kier molecular flexibility index (Phi) is 3.24. The summed E-state index contributed by atoms with van der Waals surface area (Å²) in [6.07, 6.45) is 5.08. The molecule has 0 saturated heterocycles. The third-order valence-corrected chi connectivity index (χ3v) is 2.17. The Morgan fingerprint density at radius 3 is 2.71 bits per heavy atom. The number of nitrogens with one attached hydrogen (secondary N) is 1. The largest absolute Gasteiger partial charge is 0.319 e. The van der Waals surface area contributed by atoms with Gasteiger partial charge in [0.15, 0.2) is 0 Å². The molecule has 0 saturated carbocycles. The Balaban J connectivity index is 2.23. The zero-order valence-corrected chi connectivity index (χ0v) is 9.15. The first-order valence-corrected chi connectivity index (χ1v) is 4.92. The first-order valence-electron chi connectivity index (χ1n) is 4.54. The molecule has 0 aliphatic heterocycles. The number of amides is 1. The van der Waals surface area contributed by atoms with Crippen molar-refractivity contribution in [2.75, 3.05) is 5.32 Å². The monoisotopic (exact) mass is 252 g/mol. The van der Waals surface area contributed by atoms with E-state index in [0.29, 0.717) is 5.69 Å². The van der Waals surface area contributed by atoms with Crippen LogP contribution in [0.5, 0.6) is 0 Å². The van der Waals surface area contributed by atoms with E-state index < -0.39 is 11.7 Å². The summed E-state index contributed by atoms with van der Waals surface area (Å²) < 4.78 is 12.9. The number of anilines is 1. The first kappa shape index (κ1) is 11.4. The summed E-state index contributed by atoms with van der Waals surface area (Å²) in [5.74, 6) is -1.21. The van der Waals surface area contributed by atoms with Crippen LogP contribution in [-0.2, 0) is 0 Å². The second-order valence-corrected chi connectivity index (χ2v) is 3.43. The smallest absolute Gasteiger partial charge is 0.258 e. The van der Waals surface area contributed by atoms with Crippen molar-refractivity contribution in [2.45, 2.75) is 0 Å². The number of rotatable bonds is 2. The molecule has 1 amide bonds. The van der Waals surface area contributed by atoms with Crippen LogP contribution in [-0.4, -0.2) is 20.9 Å². The predicted molar refractivity (Wildman–Crippen MR) is 59.2 cm³/mol. The van der Waals surface area contributed by atoms with Crippen LogP contribution in [0, 0.1) is 5.82 Å². The maximum atomic E-state index is 12.9. The summed E-state index contributed by atoms with van der Waals surface area (Å²) in [4.78, 5) is 22.7. The molecule has 7 heteroatoms. The van der Waals surface area contributed by atoms with Gasteiger partial charge in [0.1, 0.15) is 17.3 Å². The van der Waals surface area contributed by atoms with Crippen molar-refractivity contribution < 1.29 is 9.18 Å². The van der Waals surface area contributed by atoms with E-state index in [1.807, 2.05) is 0 Å². The third kappa shape index (κ3) is 2.73. The number of nitrogens with zero attached hydrogens (tertiary/aromatic N) is 3. The van der Waals surface area contributed by atoms with Crippen LogP contribution in [0.3, 0.4) is 0 Å². The average molecular weight is 253 g/mol. The first-order chi connectivity index (χ1) is 8.16. The summed E-state index contributed by atoms with van der Waals surface area (Å²) in [6, 6.07) is 1.01. The number of hydrogen-bond donors (Lipinski definition) is 1. The zero-order chi connectivity index (χ0) is 12.3. The Hall–Kier alpha value is -2.08. The second kappa shape index (κ2) is 4.84. The van der Waals surface area contributed by atoms with Gasteiger partial charge in [-0.1, -0.05) is 11.6 Å².